The van der Waals surface area contributed by atoms with Crippen molar-refractivity contribution in [3.63, 3.8) is 0 Å². The van der Waals surface area contributed by atoms with Gasteiger partial charge in [-0.1, -0.05) is 29.8 Å². The van der Waals surface area contributed by atoms with Gasteiger partial charge in [0.05, 0.1) is 0 Å². The Morgan fingerprint density at radius 2 is 1.97 bits per heavy atom. The minimum absolute atomic E-state index is 0.0861. The Morgan fingerprint density at radius 1 is 1.16 bits per heavy atom. The zero-order valence-electron chi connectivity index (χ0n) is 17.9. The van der Waals surface area contributed by atoms with E-state index in [-0.39, 0.29) is 11.9 Å². The topological polar surface area (TPSA) is 64.7 Å². The van der Waals surface area contributed by atoms with Crippen molar-refractivity contribution in [2.75, 3.05) is 44.7 Å². The number of nitrogens with zero attached hydrogens (tertiary/aromatic N) is 2. The largest absolute Gasteiger partial charge is 0.355 e. The maximum Gasteiger partial charge on any atom is 0.324 e. The van der Waals surface area contributed by atoms with Gasteiger partial charge in [0.2, 0.25) is 0 Å². The maximum absolute atomic E-state index is 13.2. The van der Waals surface area contributed by atoms with Crippen molar-refractivity contribution < 1.29 is 9.59 Å². The molecule has 2 fully saturated rings. The lowest BCUT2D eigenvalue weighted by Crippen LogP contribution is -2.51. The Kier molecular flexibility index (Phi) is 6.78. The molecule has 31 heavy (non-hydrogen) atoms. The van der Waals surface area contributed by atoms with Crippen LogP contribution in [0.4, 0.5) is 10.5 Å². The van der Waals surface area contributed by atoms with Crippen molar-refractivity contribution in [3.8, 4) is 11.1 Å². The fourth-order valence-electron chi connectivity index (χ4n) is 4.44. The maximum atomic E-state index is 13.2. The molecule has 3 amide bonds. The summed E-state index contributed by atoms with van der Waals surface area (Å²) >= 11 is 6.49. The smallest absolute Gasteiger partial charge is 0.324 e. The number of anilines is 1. The molecule has 6 nitrogen and oxygen atoms in total. The van der Waals surface area contributed by atoms with E-state index in [2.05, 4.69) is 10.6 Å². The number of hydrogen-bond donors (Lipinski definition) is 2. The van der Waals surface area contributed by atoms with Gasteiger partial charge in [-0.25, -0.2) is 4.79 Å². The van der Waals surface area contributed by atoms with Crippen LogP contribution in [0.5, 0.6) is 0 Å². The average Bonchev–Trinajstić information content (AvgIpc) is 2.80. The number of piperidine rings is 1. The lowest BCUT2D eigenvalue weighted by atomic mass is 9.97. The first-order chi connectivity index (χ1) is 15.1. The van der Waals surface area contributed by atoms with E-state index in [1.54, 1.807) is 19.2 Å². The molecule has 164 valence electrons. The Balaban J connectivity index is 1.53. The number of rotatable bonds is 5. The van der Waals surface area contributed by atoms with Crippen molar-refractivity contribution in [2.45, 2.75) is 19.3 Å². The Bertz CT molecular complexity index is 958. The third-order valence-corrected chi connectivity index (χ3v) is 6.49. The first-order valence-corrected chi connectivity index (χ1v) is 11.3. The minimum Gasteiger partial charge on any atom is -0.355 e. The lowest BCUT2D eigenvalue weighted by Gasteiger charge is -2.38. The fourth-order valence-corrected chi connectivity index (χ4v) is 4.73. The highest BCUT2D eigenvalue weighted by Crippen LogP contribution is 2.32. The molecule has 2 aliphatic heterocycles. The summed E-state index contributed by atoms with van der Waals surface area (Å²) in [6.45, 7) is 4.46. The molecule has 0 unspecified atom stereocenters. The van der Waals surface area contributed by atoms with Crippen LogP contribution < -0.4 is 15.5 Å². The van der Waals surface area contributed by atoms with Crippen LogP contribution in [-0.4, -0.2) is 56.6 Å². The summed E-state index contributed by atoms with van der Waals surface area (Å²) in [7, 11) is 1.59. The summed E-state index contributed by atoms with van der Waals surface area (Å²) in [4.78, 5) is 29.0. The molecule has 0 aliphatic carbocycles. The predicted molar refractivity (Wildman–Crippen MR) is 125 cm³/mol. The van der Waals surface area contributed by atoms with Gasteiger partial charge in [0.15, 0.2) is 0 Å². The molecule has 0 spiro atoms. The van der Waals surface area contributed by atoms with E-state index in [0.717, 1.165) is 62.3 Å². The molecule has 2 aliphatic rings. The van der Waals surface area contributed by atoms with E-state index in [4.69, 9.17) is 11.6 Å². The van der Waals surface area contributed by atoms with E-state index in [9.17, 15) is 9.59 Å². The number of nitrogens with one attached hydrogen (secondary N) is 2. The van der Waals surface area contributed by atoms with E-state index >= 15 is 0 Å². The molecule has 0 bridgehead atoms. The van der Waals surface area contributed by atoms with Gasteiger partial charge in [-0.15, -0.1) is 0 Å². The van der Waals surface area contributed by atoms with Crippen LogP contribution >= 0.6 is 11.6 Å². The first kappa shape index (κ1) is 21.7. The van der Waals surface area contributed by atoms with E-state index in [1.165, 1.54) is 0 Å². The van der Waals surface area contributed by atoms with Gasteiger partial charge in [0, 0.05) is 48.5 Å². The summed E-state index contributed by atoms with van der Waals surface area (Å²) in [5, 5.41) is 6.51. The molecule has 0 saturated carbocycles. The van der Waals surface area contributed by atoms with Crippen LogP contribution in [-0.2, 0) is 0 Å². The number of hydrogen-bond acceptors (Lipinski definition) is 3. The molecule has 0 radical (unpaired) electrons. The summed E-state index contributed by atoms with van der Waals surface area (Å²) in [5.74, 6) is 0.407. The van der Waals surface area contributed by atoms with Crippen LogP contribution in [0.15, 0.2) is 42.5 Å². The molecule has 4 rings (SSSR count). The SMILES string of the molecule is CNC(=O)c1ccc(-c2cccc(N3CCCN(CC4CCNCC4)C3=O)c2)c(Cl)c1. The van der Waals surface area contributed by atoms with Gasteiger partial charge >= 0.3 is 6.03 Å². The van der Waals surface area contributed by atoms with Crippen molar-refractivity contribution >= 4 is 29.2 Å². The second-order valence-corrected chi connectivity index (χ2v) is 8.66. The molecule has 2 N–H and O–H groups in total. The van der Waals surface area contributed by atoms with E-state index in [0.29, 0.717) is 23.0 Å². The summed E-state index contributed by atoms with van der Waals surface area (Å²) < 4.78 is 0. The van der Waals surface area contributed by atoms with Gasteiger partial charge < -0.3 is 15.5 Å². The molecule has 2 aromatic rings. The van der Waals surface area contributed by atoms with Crippen molar-refractivity contribution in [1.82, 2.24) is 15.5 Å². The number of urea groups is 1. The summed E-state index contributed by atoms with van der Waals surface area (Å²) in [6, 6.07) is 13.3. The Hall–Kier alpha value is -2.57. The Labute approximate surface area is 188 Å². The van der Waals surface area contributed by atoms with E-state index < -0.39 is 0 Å². The highest BCUT2D eigenvalue weighted by atomic mass is 35.5. The minimum atomic E-state index is -0.171. The third kappa shape index (κ3) is 4.86. The predicted octanol–water partition coefficient (Wildman–Crippen LogP) is 4.00. The zero-order chi connectivity index (χ0) is 21.8. The second kappa shape index (κ2) is 9.71. The number of halogens is 1. The molecule has 7 heteroatoms. The molecule has 2 aromatic carbocycles. The van der Waals surface area contributed by atoms with Gasteiger partial charge in [-0.2, -0.15) is 0 Å². The third-order valence-electron chi connectivity index (χ3n) is 6.18. The van der Waals surface area contributed by atoms with E-state index in [1.807, 2.05) is 40.1 Å². The standard InChI is InChI=1S/C24H29ClN4O2/c1-26-23(30)19-6-7-21(22(25)15-19)18-4-2-5-20(14-18)29-13-3-12-28(24(29)31)16-17-8-10-27-11-9-17/h2,4-7,14-15,17,27H,3,8-13,16H2,1H3,(H,26,30). The highest BCUT2D eigenvalue weighted by molar-refractivity contribution is 6.33. The summed E-state index contributed by atoms with van der Waals surface area (Å²) in [6.07, 6.45) is 3.22. The fraction of sp³-hybridized carbons (Fsp3) is 0.417. The van der Waals surface area contributed by atoms with Gasteiger partial charge in [-0.3, -0.25) is 9.69 Å². The number of benzene rings is 2. The Morgan fingerprint density at radius 3 is 2.71 bits per heavy atom. The van der Waals surface area contributed by atoms with Gasteiger partial charge in [0.1, 0.15) is 0 Å². The monoisotopic (exact) mass is 440 g/mol. The molecule has 0 atom stereocenters. The summed E-state index contributed by atoms with van der Waals surface area (Å²) in [5.41, 5.74) is 3.16. The van der Waals surface area contributed by atoms with Crippen molar-refractivity contribution in [2.24, 2.45) is 5.92 Å². The van der Waals surface area contributed by atoms with Crippen LogP contribution in [0.1, 0.15) is 29.6 Å². The van der Waals surface area contributed by atoms with Crippen LogP contribution in [0.3, 0.4) is 0 Å². The number of carbonyl (C=O) groups excluding carboxylic acids is 2. The van der Waals surface area contributed by atoms with Crippen molar-refractivity contribution in [3.05, 3.63) is 53.1 Å². The molecular formula is C24H29ClN4O2. The number of amides is 3. The quantitative estimate of drug-likeness (QED) is 0.738. The lowest BCUT2D eigenvalue weighted by molar-refractivity contribution is 0.0963. The molecule has 0 aromatic heterocycles. The highest BCUT2D eigenvalue weighted by Gasteiger charge is 2.29. The van der Waals surface area contributed by atoms with Crippen LogP contribution in [0, 0.1) is 5.92 Å². The normalized spacial score (nSPS) is 17.7. The first-order valence-electron chi connectivity index (χ1n) is 11.0. The zero-order valence-corrected chi connectivity index (χ0v) is 18.6. The molecule has 2 saturated heterocycles. The molecular weight excluding hydrogens is 412 g/mol. The van der Waals surface area contributed by atoms with Crippen LogP contribution in [0.25, 0.3) is 11.1 Å². The van der Waals surface area contributed by atoms with Crippen molar-refractivity contribution in [1.29, 1.82) is 0 Å². The van der Waals surface area contributed by atoms with Gasteiger partial charge in [0.25, 0.3) is 5.91 Å². The molecule has 2 heterocycles. The number of carbonyl (C=O) groups is 2. The van der Waals surface area contributed by atoms with Gasteiger partial charge in [-0.05, 0) is 68.1 Å². The average molecular weight is 441 g/mol. The van der Waals surface area contributed by atoms with Crippen LogP contribution in [0.2, 0.25) is 5.02 Å². The second-order valence-electron chi connectivity index (χ2n) is 8.25.